The highest BCUT2D eigenvalue weighted by molar-refractivity contribution is 5.86. The summed E-state index contributed by atoms with van der Waals surface area (Å²) in [6.45, 7) is 1.73. The average Bonchev–Trinajstić information content (AvgIpc) is 2.63. The molecular formula is C18H21N3O4. The van der Waals surface area contributed by atoms with Gasteiger partial charge in [0.15, 0.2) is 11.5 Å². The lowest BCUT2D eigenvalue weighted by Gasteiger charge is -2.13. The van der Waals surface area contributed by atoms with Crippen molar-refractivity contribution in [2.45, 2.75) is 13.0 Å². The van der Waals surface area contributed by atoms with E-state index in [0.29, 0.717) is 11.3 Å². The Morgan fingerprint density at radius 3 is 2.52 bits per heavy atom. The van der Waals surface area contributed by atoms with Crippen LogP contribution in [0, 0.1) is 0 Å². The fourth-order valence-electron chi connectivity index (χ4n) is 2.04. The summed E-state index contributed by atoms with van der Waals surface area (Å²) in [5.41, 5.74) is 3.95. The molecule has 7 nitrogen and oxygen atoms in total. The Labute approximate surface area is 146 Å². The summed E-state index contributed by atoms with van der Waals surface area (Å²) >= 11 is 0. The molecule has 1 amide bonds. The van der Waals surface area contributed by atoms with Crippen LogP contribution in [0.15, 0.2) is 47.6 Å². The predicted molar refractivity (Wildman–Crippen MR) is 96.5 cm³/mol. The summed E-state index contributed by atoms with van der Waals surface area (Å²) in [7, 11) is 3.06. The number of carbonyl (C=O) groups excluding carboxylic acids is 1. The molecule has 2 aromatic carbocycles. The van der Waals surface area contributed by atoms with Crippen molar-refractivity contribution in [2.75, 3.05) is 19.5 Å². The third-order valence-corrected chi connectivity index (χ3v) is 3.46. The van der Waals surface area contributed by atoms with E-state index >= 15 is 0 Å². The van der Waals surface area contributed by atoms with Crippen molar-refractivity contribution in [3.05, 3.63) is 48.0 Å². The molecular weight excluding hydrogens is 322 g/mol. The summed E-state index contributed by atoms with van der Waals surface area (Å²) in [5.74, 6) is 0.847. The average molecular weight is 343 g/mol. The first-order valence-corrected chi connectivity index (χ1v) is 7.64. The maximum atomic E-state index is 12.1. The summed E-state index contributed by atoms with van der Waals surface area (Å²) in [6, 6.07) is 11.6. The van der Waals surface area contributed by atoms with Crippen molar-refractivity contribution in [3.63, 3.8) is 0 Å². The second-order valence-corrected chi connectivity index (χ2v) is 5.26. The monoisotopic (exact) mass is 343 g/mol. The van der Waals surface area contributed by atoms with Crippen molar-refractivity contribution in [1.82, 2.24) is 5.43 Å². The van der Waals surface area contributed by atoms with Crippen LogP contribution in [0.25, 0.3) is 0 Å². The number of ether oxygens (including phenoxy) is 2. The van der Waals surface area contributed by atoms with E-state index < -0.39 is 6.04 Å². The number of nitrogens with one attached hydrogen (secondary N) is 2. The molecule has 0 bridgehead atoms. The van der Waals surface area contributed by atoms with Crippen LogP contribution in [0.5, 0.6) is 17.2 Å². The number of carbonyl (C=O) groups is 1. The minimum atomic E-state index is -0.472. The van der Waals surface area contributed by atoms with Gasteiger partial charge in [-0.15, -0.1) is 0 Å². The Bertz CT molecular complexity index is 744. The number of anilines is 1. The van der Waals surface area contributed by atoms with E-state index in [2.05, 4.69) is 15.8 Å². The number of rotatable bonds is 7. The fourth-order valence-corrected chi connectivity index (χ4v) is 2.04. The number of benzene rings is 2. The molecule has 0 fully saturated rings. The second kappa shape index (κ2) is 8.58. The highest BCUT2D eigenvalue weighted by Gasteiger charge is 2.11. The van der Waals surface area contributed by atoms with E-state index in [4.69, 9.17) is 9.47 Å². The van der Waals surface area contributed by atoms with E-state index in [1.165, 1.54) is 19.4 Å². The number of phenols is 1. The molecule has 7 heteroatoms. The number of nitrogens with zero attached hydrogens (tertiary/aromatic N) is 1. The molecule has 0 aromatic heterocycles. The molecule has 0 saturated carbocycles. The van der Waals surface area contributed by atoms with Crippen molar-refractivity contribution in [2.24, 2.45) is 5.10 Å². The Hall–Kier alpha value is -3.22. The van der Waals surface area contributed by atoms with Gasteiger partial charge in [-0.3, -0.25) is 4.79 Å². The number of hydrogen-bond acceptors (Lipinski definition) is 6. The van der Waals surface area contributed by atoms with Gasteiger partial charge in [-0.2, -0.15) is 5.10 Å². The SMILES string of the molecule is COc1ccc(NC(C)C(=O)N/N=C/c2ccc(O)c(OC)c2)cc1. The number of hydrazone groups is 1. The van der Waals surface area contributed by atoms with Gasteiger partial charge < -0.3 is 19.9 Å². The first-order chi connectivity index (χ1) is 12.0. The number of amides is 1. The van der Waals surface area contributed by atoms with Crippen LogP contribution >= 0.6 is 0 Å². The molecule has 0 aliphatic carbocycles. The van der Waals surface area contributed by atoms with Gasteiger partial charge in [-0.1, -0.05) is 0 Å². The molecule has 1 unspecified atom stereocenters. The molecule has 0 aliphatic rings. The maximum absolute atomic E-state index is 12.1. The van der Waals surface area contributed by atoms with Crippen LogP contribution in [0.3, 0.4) is 0 Å². The molecule has 2 rings (SSSR count). The number of phenolic OH excluding ortho intramolecular Hbond substituents is 1. The maximum Gasteiger partial charge on any atom is 0.262 e. The van der Waals surface area contributed by atoms with Crippen LogP contribution in [0.1, 0.15) is 12.5 Å². The van der Waals surface area contributed by atoms with E-state index in [-0.39, 0.29) is 11.7 Å². The highest BCUT2D eigenvalue weighted by Crippen LogP contribution is 2.25. The zero-order valence-corrected chi connectivity index (χ0v) is 14.3. The minimum Gasteiger partial charge on any atom is -0.504 e. The molecule has 25 heavy (non-hydrogen) atoms. The van der Waals surface area contributed by atoms with Gasteiger partial charge >= 0.3 is 0 Å². The van der Waals surface area contributed by atoms with E-state index in [1.807, 2.05) is 24.3 Å². The lowest BCUT2D eigenvalue weighted by molar-refractivity contribution is -0.121. The number of aromatic hydroxyl groups is 1. The van der Waals surface area contributed by atoms with Crippen LogP contribution in [-0.2, 0) is 4.79 Å². The summed E-state index contributed by atoms with van der Waals surface area (Å²) < 4.78 is 10.1. The second-order valence-electron chi connectivity index (χ2n) is 5.26. The van der Waals surface area contributed by atoms with Gasteiger partial charge in [-0.25, -0.2) is 5.43 Å². The zero-order chi connectivity index (χ0) is 18.2. The van der Waals surface area contributed by atoms with Gasteiger partial charge in [0, 0.05) is 5.69 Å². The standard InChI is InChI=1S/C18H21N3O4/c1-12(20-14-5-7-15(24-2)8-6-14)18(23)21-19-11-13-4-9-16(22)17(10-13)25-3/h4-12,20,22H,1-3H3,(H,21,23)/b19-11+. The van der Waals surface area contributed by atoms with Crippen LogP contribution in [-0.4, -0.2) is 37.5 Å². The van der Waals surface area contributed by atoms with Crippen LogP contribution in [0.4, 0.5) is 5.69 Å². The van der Waals surface area contributed by atoms with E-state index in [1.54, 1.807) is 26.2 Å². The zero-order valence-electron chi connectivity index (χ0n) is 14.3. The molecule has 1 atom stereocenters. The van der Waals surface area contributed by atoms with Crippen LogP contribution in [0.2, 0.25) is 0 Å². The highest BCUT2D eigenvalue weighted by atomic mass is 16.5. The lowest BCUT2D eigenvalue weighted by Crippen LogP contribution is -2.34. The molecule has 0 spiro atoms. The molecule has 2 aromatic rings. The normalized spacial score (nSPS) is 11.8. The number of methoxy groups -OCH3 is 2. The molecule has 0 heterocycles. The molecule has 132 valence electrons. The van der Waals surface area contributed by atoms with Gasteiger partial charge in [0.25, 0.3) is 5.91 Å². The van der Waals surface area contributed by atoms with Crippen molar-refractivity contribution >= 4 is 17.8 Å². The fraction of sp³-hybridized carbons (Fsp3) is 0.222. The van der Waals surface area contributed by atoms with Gasteiger partial charge in [-0.05, 0) is 55.0 Å². The Morgan fingerprint density at radius 2 is 1.88 bits per heavy atom. The van der Waals surface area contributed by atoms with Gasteiger partial charge in [0.2, 0.25) is 0 Å². The topological polar surface area (TPSA) is 92.2 Å². The Kier molecular flexibility index (Phi) is 6.22. The molecule has 3 N–H and O–H groups in total. The number of hydrogen-bond donors (Lipinski definition) is 3. The largest absolute Gasteiger partial charge is 0.504 e. The van der Waals surface area contributed by atoms with Crippen molar-refractivity contribution in [3.8, 4) is 17.2 Å². The predicted octanol–water partition coefficient (Wildman–Crippen LogP) is 2.36. The van der Waals surface area contributed by atoms with Gasteiger partial charge in [0.1, 0.15) is 11.8 Å². The summed E-state index contributed by atoms with van der Waals surface area (Å²) in [4.78, 5) is 12.1. The quantitative estimate of drug-likeness (QED) is 0.530. The summed E-state index contributed by atoms with van der Waals surface area (Å²) in [6.07, 6.45) is 1.47. The third-order valence-electron chi connectivity index (χ3n) is 3.46. The third kappa shape index (κ3) is 5.13. The molecule has 0 saturated heterocycles. The Balaban J connectivity index is 1.90. The Morgan fingerprint density at radius 1 is 1.16 bits per heavy atom. The molecule has 0 aliphatic heterocycles. The first-order valence-electron chi connectivity index (χ1n) is 7.64. The van der Waals surface area contributed by atoms with E-state index in [9.17, 15) is 9.90 Å². The smallest absolute Gasteiger partial charge is 0.262 e. The molecule has 0 radical (unpaired) electrons. The van der Waals surface area contributed by atoms with E-state index in [0.717, 1.165) is 11.4 Å². The summed E-state index contributed by atoms with van der Waals surface area (Å²) in [5, 5.41) is 16.5. The van der Waals surface area contributed by atoms with Crippen molar-refractivity contribution < 1.29 is 19.4 Å². The van der Waals surface area contributed by atoms with Crippen molar-refractivity contribution in [1.29, 1.82) is 0 Å². The lowest BCUT2D eigenvalue weighted by atomic mass is 10.2. The first kappa shape index (κ1) is 18.1. The minimum absolute atomic E-state index is 0.0426. The van der Waals surface area contributed by atoms with Crippen LogP contribution < -0.4 is 20.2 Å². The van der Waals surface area contributed by atoms with Gasteiger partial charge in [0.05, 0.1) is 20.4 Å².